The molecule has 2 aliphatic carbocycles. The predicted molar refractivity (Wildman–Crippen MR) is 75.1 cm³/mol. The van der Waals surface area contributed by atoms with Crippen molar-refractivity contribution in [2.24, 2.45) is 0 Å². The van der Waals surface area contributed by atoms with Crippen LogP contribution in [0.2, 0.25) is 0 Å². The molecule has 0 spiro atoms. The Morgan fingerprint density at radius 1 is 0.750 bits per heavy atom. The molecule has 20 heavy (non-hydrogen) atoms. The van der Waals surface area contributed by atoms with Crippen LogP contribution in [-0.4, -0.2) is 0 Å². The van der Waals surface area contributed by atoms with Gasteiger partial charge in [-0.2, -0.15) is 0 Å². The second-order valence-corrected chi connectivity index (χ2v) is 4.59. The van der Waals surface area contributed by atoms with Crippen molar-refractivity contribution in [2.75, 3.05) is 0 Å². The first-order chi connectivity index (χ1) is 9.72. The molecule has 1 aromatic heterocycles. The van der Waals surface area contributed by atoms with Crippen molar-refractivity contribution < 1.29 is 8.83 Å². The summed E-state index contributed by atoms with van der Waals surface area (Å²) < 4.78 is 10.0. The van der Waals surface area contributed by atoms with E-state index >= 15 is 0 Å². The minimum absolute atomic E-state index is 0.292. The molecule has 2 aromatic rings. The first kappa shape index (κ1) is 11.0. The minimum Gasteiger partial charge on any atom is -0.414 e. The van der Waals surface area contributed by atoms with Gasteiger partial charge >= 0.3 is 11.3 Å². The average molecular weight is 264 g/mol. The van der Waals surface area contributed by atoms with Crippen molar-refractivity contribution in [1.29, 1.82) is 0 Å². The summed E-state index contributed by atoms with van der Waals surface area (Å²) in [7, 11) is 0. The van der Waals surface area contributed by atoms with Crippen molar-refractivity contribution in [3.8, 4) is 11.1 Å². The lowest BCUT2D eigenvalue weighted by atomic mass is 10.1. The molecule has 4 rings (SSSR count). The van der Waals surface area contributed by atoms with Crippen LogP contribution in [0.3, 0.4) is 0 Å². The van der Waals surface area contributed by atoms with E-state index in [9.17, 15) is 9.59 Å². The highest BCUT2D eigenvalue weighted by molar-refractivity contribution is 5.99. The Bertz CT molecular complexity index is 1040. The molecule has 0 aliphatic heterocycles. The van der Waals surface area contributed by atoms with E-state index in [1.54, 1.807) is 6.07 Å². The first-order valence-electron chi connectivity index (χ1n) is 6.12. The quantitative estimate of drug-likeness (QED) is 0.458. The smallest absolute Gasteiger partial charge is 0.414 e. The van der Waals surface area contributed by atoms with Crippen LogP contribution in [-0.2, 0) is 0 Å². The molecule has 1 heterocycles. The SMILES string of the molecule is O=c1oc2cc3ccc4ccccc4cc-3c2oc1=O. The van der Waals surface area contributed by atoms with Gasteiger partial charge in [-0.05, 0) is 28.5 Å². The summed E-state index contributed by atoms with van der Waals surface area (Å²) in [5.41, 5.74) is 0.240. The van der Waals surface area contributed by atoms with Crippen LogP contribution in [0, 0.1) is 0 Å². The van der Waals surface area contributed by atoms with Crippen LogP contribution in [0.15, 0.2) is 67.0 Å². The van der Waals surface area contributed by atoms with Crippen LogP contribution in [0.25, 0.3) is 33.1 Å². The summed E-state index contributed by atoms with van der Waals surface area (Å²) in [4.78, 5) is 22.6. The van der Waals surface area contributed by atoms with Crippen LogP contribution < -0.4 is 11.3 Å². The molecule has 2 aliphatic rings. The number of rotatable bonds is 0. The number of benzene rings is 1. The van der Waals surface area contributed by atoms with Crippen molar-refractivity contribution >= 4 is 21.9 Å². The molecule has 0 radical (unpaired) electrons. The van der Waals surface area contributed by atoms with Gasteiger partial charge in [0, 0.05) is 5.56 Å². The van der Waals surface area contributed by atoms with Gasteiger partial charge in [-0.3, -0.25) is 0 Å². The molecule has 0 unspecified atom stereocenters. The summed E-state index contributed by atoms with van der Waals surface area (Å²) >= 11 is 0. The standard InChI is InChI=1S/C16H8O4/c17-15-16(18)20-14-12-7-10-4-2-1-3-9(10)5-6-11(12)8-13(14)19-15/h1-8H. The van der Waals surface area contributed by atoms with E-state index in [0.29, 0.717) is 11.2 Å². The van der Waals surface area contributed by atoms with Crippen molar-refractivity contribution in [3.63, 3.8) is 0 Å². The predicted octanol–water partition coefficient (Wildman–Crippen LogP) is 3.00. The van der Waals surface area contributed by atoms with E-state index in [-0.39, 0.29) is 0 Å². The molecule has 4 nitrogen and oxygen atoms in total. The summed E-state index contributed by atoms with van der Waals surface area (Å²) in [6.45, 7) is 0. The summed E-state index contributed by atoms with van der Waals surface area (Å²) in [5.74, 6) is 0. The van der Waals surface area contributed by atoms with Crippen LogP contribution in [0.5, 0.6) is 0 Å². The molecular formula is C16H8O4. The van der Waals surface area contributed by atoms with Crippen LogP contribution in [0.4, 0.5) is 0 Å². The molecular weight excluding hydrogens is 256 g/mol. The molecule has 0 N–H and O–H groups in total. The van der Waals surface area contributed by atoms with Gasteiger partial charge in [-0.15, -0.1) is 0 Å². The fourth-order valence-corrected chi connectivity index (χ4v) is 2.42. The van der Waals surface area contributed by atoms with Gasteiger partial charge in [-0.1, -0.05) is 36.4 Å². The molecule has 96 valence electrons. The lowest BCUT2D eigenvalue weighted by Gasteiger charge is -1.92. The normalized spacial score (nSPS) is 11.4. The highest BCUT2D eigenvalue weighted by Crippen LogP contribution is 2.34. The van der Waals surface area contributed by atoms with E-state index in [1.807, 2.05) is 42.5 Å². The maximum Gasteiger partial charge on any atom is 0.423 e. The van der Waals surface area contributed by atoms with E-state index in [0.717, 1.165) is 21.9 Å². The van der Waals surface area contributed by atoms with Crippen molar-refractivity contribution in [3.05, 3.63) is 69.4 Å². The maximum atomic E-state index is 11.3. The zero-order valence-corrected chi connectivity index (χ0v) is 10.3. The van der Waals surface area contributed by atoms with Gasteiger partial charge in [0.15, 0.2) is 11.2 Å². The zero-order valence-electron chi connectivity index (χ0n) is 10.3. The summed E-state index contributed by atoms with van der Waals surface area (Å²) in [5, 5.41) is 2.10. The lowest BCUT2D eigenvalue weighted by Crippen LogP contribution is -2.20. The third-order valence-corrected chi connectivity index (χ3v) is 3.37. The fraction of sp³-hybridized carbons (Fsp3) is 0. The van der Waals surface area contributed by atoms with E-state index in [4.69, 9.17) is 8.83 Å². The third-order valence-electron chi connectivity index (χ3n) is 3.37. The Labute approximate surface area is 112 Å². The molecule has 0 bridgehead atoms. The van der Waals surface area contributed by atoms with E-state index < -0.39 is 11.3 Å². The topological polar surface area (TPSA) is 60.4 Å². The van der Waals surface area contributed by atoms with Crippen LogP contribution in [0.1, 0.15) is 0 Å². The second-order valence-electron chi connectivity index (χ2n) is 4.59. The van der Waals surface area contributed by atoms with Gasteiger partial charge in [0.2, 0.25) is 0 Å². The minimum atomic E-state index is -0.985. The lowest BCUT2D eigenvalue weighted by molar-refractivity contribution is 0.451. The van der Waals surface area contributed by atoms with Crippen LogP contribution >= 0.6 is 0 Å². The largest absolute Gasteiger partial charge is 0.423 e. The van der Waals surface area contributed by atoms with Gasteiger partial charge in [0.1, 0.15) is 0 Å². The molecule has 0 saturated heterocycles. The maximum absolute atomic E-state index is 11.3. The molecule has 0 atom stereocenters. The van der Waals surface area contributed by atoms with Crippen molar-refractivity contribution in [1.82, 2.24) is 0 Å². The number of hydrogen-bond acceptors (Lipinski definition) is 4. The monoisotopic (exact) mass is 264 g/mol. The molecule has 1 aromatic carbocycles. The van der Waals surface area contributed by atoms with Gasteiger partial charge in [0.25, 0.3) is 0 Å². The Kier molecular flexibility index (Phi) is 2.09. The van der Waals surface area contributed by atoms with Crippen molar-refractivity contribution in [2.45, 2.75) is 0 Å². The van der Waals surface area contributed by atoms with E-state index in [1.165, 1.54) is 0 Å². The Morgan fingerprint density at radius 3 is 2.35 bits per heavy atom. The highest BCUT2D eigenvalue weighted by atomic mass is 16.5. The van der Waals surface area contributed by atoms with Gasteiger partial charge in [0.05, 0.1) is 0 Å². The second kappa shape index (κ2) is 3.81. The Hall–Kier alpha value is -2.88. The zero-order chi connectivity index (χ0) is 13.7. The molecule has 4 heteroatoms. The summed E-state index contributed by atoms with van der Waals surface area (Å²) in [6.07, 6.45) is 0. The Balaban J connectivity index is 2.24. The Morgan fingerprint density at radius 2 is 1.50 bits per heavy atom. The molecule has 0 saturated carbocycles. The number of hydrogen-bond donors (Lipinski definition) is 0. The molecule has 0 amide bonds. The highest BCUT2D eigenvalue weighted by Gasteiger charge is 2.15. The third kappa shape index (κ3) is 1.48. The van der Waals surface area contributed by atoms with Gasteiger partial charge < -0.3 is 8.83 Å². The van der Waals surface area contributed by atoms with Gasteiger partial charge in [-0.25, -0.2) is 9.59 Å². The van der Waals surface area contributed by atoms with E-state index in [2.05, 4.69) is 0 Å². The number of fused-ring (bicyclic) bond motifs is 4. The fourth-order valence-electron chi connectivity index (χ4n) is 2.42. The molecule has 0 fully saturated rings. The average Bonchev–Trinajstić information content (AvgIpc) is 2.66. The first-order valence-corrected chi connectivity index (χ1v) is 6.12. The summed E-state index contributed by atoms with van der Waals surface area (Å²) in [6, 6.07) is 15.4.